The summed E-state index contributed by atoms with van der Waals surface area (Å²) in [5.74, 6) is 0.637. The summed E-state index contributed by atoms with van der Waals surface area (Å²) in [6.45, 7) is 16.8. The summed E-state index contributed by atoms with van der Waals surface area (Å²) in [5, 5.41) is 12.7. The number of hydrogen-bond acceptors (Lipinski definition) is 1. The zero-order chi connectivity index (χ0) is 24.7. The van der Waals surface area contributed by atoms with Crippen LogP contribution in [-0.4, -0.2) is 16.9 Å². The van der Waals surface area contributed by atoms with Crippen molar-refractivity contribution >= 4 is 15.9 Å². The SMILES string of the molecule is CCCCCCCCCP[PH]1C(C(C)(C)CCCCC)=C(O)C=CC1C(C)(C)CCCCC. The Hall–Kier alpha value is 0.140. The summed E-state index contributed by atoms with van der Waals surface area (Å²) >= 11 is 0. The van der Waals surface area contributed by atoms with Crippen LogP contribution in [0.2, 0.25) is 0 Å². The summed E-state index contributed by atoms with van der Waals surface area (Å²) < 4.78 is 0. The zero-order valence-electron chi connectivity index (χ0n) is 23.5. The average molecular weight is 498 g/mol. The first-order valence-electron chi connectivity index (χ1n) is 14.4. The first kappa shape index (κ1) is 31.2. The van der Waals surface area contributed by atoms with Crippen LogP contribution in [0.15, 0.2) is 23.2 Å². The van der Waals surface area contributed by atoms with Crippen molar-refractivity contribution in [1.82, 2.24) is 0 Å². The van der Waals surface area contributed by atoms with Crippen LogP contribution >= 0.6 is 15.9 Å². The highest BCUT2D eigenvalue weighted by molar-refractivity contribution is 8.23. The lowest BCUT2D eigenvalue weighted by atomic mass is 9.82. The molecule has 0 saturated heterocycles. The molecule has 0 aliphatic carbocycles. The number of aliphatic hydroxyl groups excluding tert-OH is 1. The lowest BCUT2D eigenvalue weighted by molar-refractivity contribution is 0.324. The predicted molar refractivity (Wildman–Crippen MR) is 158 cm³/mol. The van der Waals surface area contributed by atoms with Gasteiger partial charge in [0.2, 0.25) is 0 Å². The van der Waals surface area contributed by atoms with Crippen LogP contribution in [0.5, 0.6) is 0 Å². The highest BCUT2D eigenvalue weighted by Gasteiger charge is 2.41. The molecule has 1 rings (SSSR count). The molecule has 1 radical (unpaired) electrons. The molecule has 1 nitrogen and oxygen atoms in total. The fourth-order valence-electron chi connectivity index (χ4n) is 5.45. The van der Waals surface area contributed by atoms with E-state index in [-0.39, 0.29) is 5.41 Å². The van der Waals surface area contributed by atoms with E-state index in [4.69, 9.17) is 0 Å². The number of rotatable bonds is 19. The van der Waals surface area contributed by atoms with Gasteiger partial charge in [0.05, 0.1) is 0 Å². The monoisotopic (exact) mass is 497 g/mol. The largest absolute Gasteiger partial charge is 0.508 e. The molecule has 1 heterocycles. The van der Waals surface area contributed by atoms with E-state index in [0.717, 1.165) is 8.27 Å². The average Bonchev–Trinajstić information content (AvgIpc) is 2.75. The fourth-order valence-corrected chi connectivity index (χ4v) is 14.7. The quantitative estimate of drug-likeness (QED) is 0.139. The molecule has 1 N–H and O–H groups in total. The van der Waals surface area contributed by atoms with Crippen molar-refractivity contribution in [2.24, 2.45) is 10.8 Å². The maximum atomic E-state index is 11.2. The van der Waals surface area contributed by atoms with Gasteiger partial charge < -0.3 is 5.11 Å². The van der Waals surface area contributed by atoms with Gasteiger partial charge in [-0.15, -0.1) is 0 Å². The van der Waals surface area contributed by atoms with Crippen LogP contribution < -0.4 is 0 Å². The van der Waals surface area contributed by atoms with Gasteiger partial charge in [0.1, 0.15) is 5.76 Å². The van der Waals surface area contributed by atoms with Crippen LogP contribution in [0.25, 0.3) is 0 Å². The van der Waals surface area contributed by atoms with E-state index in [1.165, 1.54) is 108 Å². The molecule has 3 unspecified atom stereocenters. The fraction of sp³-hybridized carbons (Fsp3) is 0.867. The molecule has 195 valence electrons. The van der Waals surface area contributed by atoms with Crippen molar-refractivity contribution < 1.29 is 5.11 Å². The molecular weight excluding hydrogens is 438 g/mol. The number of unbranched alkanes of at least 4 members (excludes halogenated alkanes) is 10. The van der Waals surface area contributed by atoms with Gasteiger partial charge in [0.15, 0.2) is 0 Å². The topological polar surface area (TPSA) is 20.2 Å². The van der Waals surface area contributed by atoms with E-state index in [0.29, 0.717) is 16.8 Å². The third-order valence-electron chi connectivity index (χ3n) is 7.73. The molecule has 33 heavy (non-hydrogen) atoms. The van der Waals surface area contributed by atoms with Crippen molar-refractivity contribution in [3.05, 3.63) is 23.2 Å². The number of hydrogen-bond donors (Lipinski definition) is 1. The molecule has 0 amide bonds. The Bertz CT molecular complexity index is 576. The molecule has 0 aromatic carbocycles. The standard InChI is InChI=1S/C30H59OP2/c1-8-11-14-15-16-17-20-25-32-33-27(29(4,5)23-18-12-9-2)22-21-26(31)28(33)30(6,7)24-19-13-10-3/h21-22,27,31-33H,8-20,23-25H2,1-7H3. The third kappa shape index (κ3) is 11.2. The van der Waals surface area contributed by atoms with E-state index in [1.54, 1.807) is 0 Å². The van der Waals surface area contributed by atoms with Gasteiger partial charge in [-0.1, -0.05) is 147 Å². The lowest BCUT2D eigenvalue weighted by Crippen LogP contribution is -2.30. The van der Waals surface area contributed by atoms with E-state index in [2.05, 4.69) is 60.6 Å². The molecule has 0 saturated carbocycles. The van der Waals surface area contributed by atoms with Crippen LogP contribution in [0.3, 0.4) is 0 Å². The highest BCUT2D eigenvalue weighted by atomic mass is 32.0. The van der Waals surface area contributed by atoms with Gasteiger partial charge in [-0.2, -0.15) is 0 Å². The highest BCUT2D eigenvalue weighted by Crippen LogP contribution is 2.74. The third-order valence-corrected chi connectivity index (χ3v) is 15.4. The maximum absolute atomic E-state index is 11.2. The minimum atomic E-state index is -0.791. The summed E-state index contributed by atoms with van der Waals surface area (Å²) in [7, 11) is 0.240. The normalized spacial score (nSPS) is 19.8. The second kappa shape index (κ2) is 16.7. The van der Waals surface area contributed by atoms with Gasteiger partial charge in [-0.05, 0) is 47.6 Å². The Morgan fingerprint density at radius 1 is 0.758 bits per heavy atom. The van der Waals surface area contributed by atoms with Crippen LogP contribution in [0, 0.1) is 10.8 Å². The molecule has 1 aliphatic heterocycles. The van der Waals surface area contributed by atoms with Crippen molar-refractivity contribution in [1.29, 1.82) is 0 Å². The Labute approximate surface area is 211 Å². The van der Waals surface area contributed by atoms with Crippen LogP contribution in [0.1, 0.15) is 145 Å². The van der Waals surface area contributed by atoms with Crippen molar-refractivity contribution in [2.75, 3.05) is 6.16 Å². The molecule has 3 atom stereocenters. The van der Waals surface area contributed by atoms with Crippen LogP contribution in [-0.2, 0) is 0 Å². The smallest absolute Gasteiger partial charge is 0.119 e. The number of aliphatic hydroxyl groups is 1. The molecule has 1 aliphatic rings. The van der Waals surface area contributed by atoms with E-state index in [9.17, 15) is 5.11 Å². The molecule has 0 aromatic rings. The molecule has 0 spiro atoms. The second-order valence-corrected chi connectivity index (χ2v) is 17.3. The minimum Gasteiger partial charge on any atom is -0.508 e. The van der Waals surface area contributed by atoms with E-state index >= 15 is 0 Å². The molecular formula is C30H59OP2. The lowest BCUT2D eigenvalue weighted by Gasteiger charge is -2.46. The first-order chi connectivity index (χ1) is 15.7. The number of allylic oxidation sites excluding steroid dienone is 3. The Morgan fingerprint density at radius 3 is 1.88 bits per heavy atom. The Balaban J connectivity index is 2.94. The molecule has 0 bridgehead atoms. The van der Waals surface area contributed by atoms with Gasteiger partial charge in [0.25, 0.3) is 0 Å². The van der Waals surface area contributed by atoms with Gasteiger partial charge in [-0.25, -0.2) is 0 Å². The molecule has 0 aromatic heterocycles. The molecule has 0 fully saturated rings. The van der Waals surface area contributed by atoms with Gasteiger partial charge in [-0.3, -0.25) is 0 Å². The van der Waals surface area contributed by atoms with Crippen molar-refractivity contribution in [3.63, 3.8) is 0 Å². The summed E-state index contributed by atoms with van der Waals surface area (Å²) in [5.41, 5.74) is 1.11. The van der Waals surface area contributed by atoms with E-state index < -0.39 is 7.61 Å². The zero-order valence-corrected chi connectivity index (χ0v) is 25.5. The summed E-state index contributed by atoms with van der Waals surface area (Å²) in [4.78, 5) is 0. The first-order valence-corrected chi connectivity index (χ1v) is 18.2. The maximum Gasteiger partial charge on any atom is 0.119 e. The van der Waals surface area contributed by atoms with Crippen molar-refractivity contribution in [2.45, 2.75) is 150 Å². The minimum absolute atomic E-state index is 0.128. The summed E-state index contributed by atoms with van der Waals surface area (Å²) in [6.07, 6.45) is 26.0. The van der Waals surface area contributed by atoms with Crippen LogP contribution in [0.4, 0.5) is 0 Å². The second-order valence-electron chi connectivity index (χ2n) is 11.8. The Morgan fingerprint density at radius 2 is 1.27 bits per heavy atom. The van der Waals surface area contributed by atoms with Gasteiger partial charge >= 0.3 is 0 Å². The van der Waals surface area contributed by atoms with E-state index in [1.807, 2.05) is 0 Å². The van der Waals surface area contributed by atoms with Gasteiger partial charge in [0, 0.05) is 5.66 Å². The molecule has 3 heteroatoms. The summed E-state index contributed by atoms with van der Waals surface area (Å²) in [6, 6.07) is 0. The Kier molecular flexibility index (Phi) is 15.8. The predicted octanol–water partition coefficient (Wildman–Crippen LogP) is 11.5. The van der Waals surface area contributed by atoms with Crippen molar-refractivity contribution in [3.8, 4) is 0 Å².